The van der Waals surface area contributed by atoms with Gasteiger partial charge >= 0.3 is 6.18 Å². The predicted octanol–water partition coefficient (Wildman–Crippen LogP) is 2.53. The molecule has 4 nitrogen and oxygen atoms in total. The first-order valence-electron chi connectivity index (χ1n) is 6.78. The summed E-state index contributed by atoms with van der Waals surface area (Å²) in [5.74, 6) is -0.803. The zero-order valence-electron chi connectivity index (χ0n) is 12.5. The van der Waals surface area contributed by atoms with Crippen LogP contribution in [0.15, 0.2) is 43.0 Å². The average molecular weight is 326 g/mol. The summed E-state index contributed by atoms with van der Waals surface area (Å²) in [6, 6.07) is 4.75. The summed E-state index contributed by atoms with van der Waals surface area (Å²) in [6.45, 7) is 5.26. The fraction of sp³-hybridized carbons (Fsp3) is 0.250. The van der Waals surface area contributed by atoms with Crippen LogP contribution in [0.3, 0.4) is 0 Å². The van der Waals surface area contributed by atoms with Gasteiger partial charge in [-0.25, -0.2) is 0 Å². The van der Waals surface area contributed by atoms with Crippen LogP contribution in [-0.4, -0.2) is 24.9 Å². The Balaban J connectivity index is 2.64. The molecule has 1 rings (SSSR count). The molecule has 7 heteroatoms. The van der Waals surface area contributed by atoms with Crippen LogP contribution in [-0.2, 0) is 15.8 Å². The fourth-order valence-electron chi connectivity index (χ4n) is 1.72. The molecule has 1 aromatic carbocycles. The number of allylic oxidation sites excluding steroid dienone is 1. The van der Waals surface area contributed by atoms with Crippen LogP contribution in [0.5, 0.6) is 0 Å². The molecular weight excluding hydrogens is 309 g/mol. The second-order valence-corrected chi connectivity index (χ2v) is 4.69. The van der Waals surface area contributed by atoms with E-state index in [0.717, 1.165) is 18.2 Å². The molecule has 124 valence electrons. The SMILES string of the molecule is C=CC(=O)NCCNC(=O)C=C(C)c1cccc(C(F)(F)F)c1. The first-order valence-corrected chi connectivity index (χ1v) is 6.78. The van der Waals surface area contributed by atoms with Crippen LogP contribution in [0.4, 0.5) is 13.2 Å². The van der Waals surface area contributed by atoms with Crippen LogP contribution < -0.4 is 10.6 Å². The van der Waals surface area contributed by atoms with E-state index in [0.29, 0.717) is 11.1 Å². The summed E-state index contributed by atoms with van der Waals surface area (Å²) < 4.78 is 38.0. The van der Waals surface area contributed by atoms with Crippen LogP contribution in [0.1, 0.15) is 18.1 Å². The third kappa shape index (κ3) is 6.37. The lowest BCUT2D eigenvalue weighted by molar-refractivity contribution is -0.137. The first-order chi connectivity index (χ1) is 10.7. The van der Waals surface area contributed by atoms with Gasteiger partial charge in [-0.3, -0.25) is 9.59 Å². The molecule has 23 heavy (non-hydrogen) atoms. The molecule has 0 saturated carbocycles. The number of halogens is 3. The van der Waals surface area contributed by atoms with Crippen molar-refractivity contribution in [1.29, 1.82) is 0 Å². The van der Waals surface area contributed by atoms with E-state index in [9.17, 15) is 22.8 Å². The topological polar surface area (TPSA) is 58.2 Å². The molecule has 2 amide bonds. The second kappa shape index (κ2) is 8.17. The zero-order valence-corrected chi connectivity index (χ0v) is 12.5. The molecule has 0 unspecified atom stereocenters. The minimum atomic E-state index is -4.43. The Hall–Kier alpha value is -2.57. The van der Waals surface area contributed by atoms with Gasteiger partial charge in [-0.2, -0.15) is 13.2 Å². The molecule has 0 bridgehead atoms. The highest BCUT2D eigenvalue weighted by Gasteiger charge is 2.30. The van der Waals surface area contributed by atoms with E-state index in [4.69, 9.17) is 0 Å². The third-order valence-electron chi connectivity index (χ3n) is 2.90. The molecular formula is C16H17F3N2O2. The van der Waals surface area contributed by atoms with Gasteiger partial charge in [-0.15, -0.1) is 0 Å². The first kappa shape index (κ1) is 18.5. The van der Waals surface area contributed by atoms with Gasteiger partial charge in [0.2, 0.25) is 11.8 Å². The number of benzene rings is 1. The molecule has 0 aliphatic rings. The normalized spacial score (nSPS) is 11.7. The van der Waals surface area contributed by atoms with Crippen molar-refractivity contribution in [2.75, 3.05) is 13.1 Å². The standard InChI is InChI=1S/C16H17F3N2O2/c1-3-14(22)20-7-8-21-15(23)9-11(2)12-5-4-6-13(10-12)16(17,18)19/h3-6,9-10H,1,7-8H2,2H3,(H,20,22)(H,21,23). The van der Waals surface area contributed by atoms with E-state index in [1.54, 1.807) is 6.92 Å². The van der Waals surface area contributed by atoms with Crippen LogP contribution in [0.2, 0.25) is 0 Å². The lowest BCUT2D eigenvalue weighted by Crippen LogP contribution is -2.33. The molecule has 2 N–H and O–H groups in total. The molecule has 0 aliphatic carbocycles. The van der Waals surface area contributed by atoms with Gasteiger partial charge in [-0.1, -0.05) is 18.7 Å². The molecule has 0 aliphatic heterocycles. The van der Waals surface area contributed by atoms with E-state index < -0.39 is 17.6 Å². The van der Waals surface area contributed by atoms with Gasteiger partial charge < -0.3 is 10.6 Å². The summed E-state index contributed by atoms with van der Waals surface area (Å²) >= 11 is 0. The predicted molar refractivity (Wildman–Crippen MR) is 81.3 cm³/mol. The number of hydrogen-bond acceptors (Lipinski definition) is 2. The number of carbonyl (C=O) groups excluding carboxylic acids is 2. The van der Waals surface area contributed by atoms with Gasteiger partial charge in [-0.05, 0) is 36.3 Å². The molecule has 0 heterocycles. The Labute approximate surface area is 132 Å². The van der Waals surface area contributed by atoms with Crippen LogP contribution >= 0.6 is 0 Å². The fourth-order valence-corrected chi connectivity index (χ4v) is 1.72. The van der Waals surface area contributed by atoms with E-state index in [2.05, 4.69) is 17.2 Å². The smallest absolute Gasteiger partial charge is 0.351 e. The maximum atomic E-state index is 12.7. The highest BCUT2D eigenvalue weighted by molar-refractivity contribution is 5.94. The Bertz CT molecular complexity index is 622. The van der Waals surface area contributed by atoms with Crippen molar-refractivity contribution in [2.24, 2.45) is 0 Å². The molecule has 0 radical (unpaired) electrons. The maximum absolute atomic E-state index is 12.7. The average Bonchev–Trinajstić information content (AvgIpc) is 2.50. The van der Waals surface area contributed by atoms with E-state index in [-0.39, 0.29) is 19.0 Å². The Morgan fingerprint density at radius 1 is 1.17 bits per heavy atom. The number of carbonyl (C=O) groups is 2. The maximum Gasteiger partial charge on any atom is 0.416 e. The molecule has 0 fully saturated rings. The minimum Gasteiger partial charge on any atom is -0.351 e. The van der Waals surface area contributed by atoms with Crippen LogP contribution in [0.25, 0.3) is 5.57 Å². The Morgan fingerprint density at radius 3 is 2.35 bits per heavy atom. The molecule has 1 aromatic rings. The monoisotopic (exact) mass is 326 g/mol. The molecule has 0 atom stereocenters. The summed E-state index contributed by atoms with van der Waals surface area (Å²) in [4.78, 5) is 22.6. The summed E-state index contributed by atoms with van der Waals surface area (Å²) in [5.41, 5.74) is -0.0473. The second-order valence-electron chi connectivity index (χ2n) is 4.69. The van der Waals surface area contributed by atoms with E-state index >= 15 is 0 Å². The lowest BCUT2D eigenvalue weighted by Gasteiger charge is -2.09. The van der Waals surface area contributed by atoms with Gasteiger partial charge in [0.25, 0.3) is 0 Å². The number of rotatable bonds is 6. The lowest BCUT2D eigenvalue weighted by atomic mass is 10.0. The molecule has 0 saturated heterocycles. The van der Waals surface area contributed by atoms with Crippen molar-refractivity contribution in [3.8, 4) is 0 Å². The number of amides is 2. The van der Waals surface area contributed by atoms with Gasteiger partial charge in [0.05, 0.1) is 5.56 Å². The van der Waals surface area contributed by atoms with Crippen molar-refractivity contribution in [3.63, 3.8) is 0 Å². The Morgan fingerprint density at radius 2 is 1.78 bits per heavy atom. The highest BCUT2D eigenvalue weighted by Crippen LogP contribution is 2.30. The molecule has 0 spiro atoms. The van der Waals surface area contributed by atoms with Crippen molar-refractivity contribution in [2.45, 2.75) is 13.1 Å². The van der Waals surface area contributed by atoms with Crippen molar-refractivity contribution in [3.05, 3.63) is 54.1 Å². The molecule has 0 aromatic heterocycles. The summed E-state index contributed by atoms with van der Waals surface area (Å²) in [7, 11) is 0. The largest absolute Gasteiger partial charge is 0.416 e. The van der Waals surface area contributed by atoms with Crippen LogP contribution in [0, 0.1) is 0 Å². The zero-order chi connectivity index (χ0) is 17.5. The van der Waals surface area contributed by atoms with Crippen molar-refractivity contribution in [1.82, 2.24) is 10.6 Å². The van der Waals surface area contributed by atoms with E-state index in [1.807, 2.05) is 0 Å². The summed E-state index contributed by atoms with van der Waals surface area (Å²) in [5, 5.41) is 5.00. The highest BCUT2D eigenvalue weighted by atomic mass is 19.4. The minimum absolute atomic E-state index is 0.199. The van der Waals surface area contributed by atoms with Crippen molar-refractivity contribution >= 4 is 17.4 Å². The third-order valence-corrected chi connectivity index (χ3v) is 2.90. The van der Waals surface area contributed by atoms with Gasteiger partial charge in [0, 0.05) is 19.2 Å². The van der Waals surface area contributed by atoms with Crippen molar-refractivity contribution < 1.29 is 22.8 Å². The summed E-state index contributed by atoms with van der Waals surface area (Å²) in [6.07, 6.45) is -2.10. The van der Waals surface area contributed by atoms with Gasteiger partial charge in [0.1, 0.15) is 0 Å². The van der Waals surface area contributed by atoms with Gasteiger partial charge in [0.15, 0.2) is 0 Å². The van der Waals surface area contributed by atoms with E-state index in [1.165, 1.54) is 18.2 Å². The number of alkyl halides is 3. The number of nitrogens with one attached hydrogen (secondary N) is 2. The number of hydrogen-bond donors (Lipinski definition) is 2. The quantitative estimate of drug-likeness (QED) is 0.623. The Kier molecular flexibility index (Phi) is 6.56.